The zero-order valence-electron chi connectivity index (χ0n) is 11.0. The maximum absolute atomic E-state index is 3.95. The van der Waals surface area contributed by atoms with Crippen molar-refractivity contribution in [2.75, 3.05) is 0 Å². The Morgan fingerprint density at radius 3 is 2.37 bits per heavy atom. The van der Waals surface area contributed by atoms with Gasteiger partial charge < -0.3 is 0 Å². The van der Waals surface area contributed by atoms with Crippen molar-refractivity contribution in [1.29, 1.82) is 0 Å². The lowest BCUT2D eigenvalue weighted by Crippen LogP contribution is -2.23. The molecule has 0 spiro atoms. The highest BCUT2D eigenvalue weighted by atomic mass is 14.4. The predicted octanol–water partition coefficient (Wildman–Crippen LogP) is 4.91. The third kappa shape index (κ3) is 1.60. The van der Waals surface area contributed by atoms with Gasteiger partial charge in [0.1, 0.15) is 0 Å². The molecule has 0 atom stereocenters. The molecule has 1 radical (unpaired) electrons. The van der Waals surface area contributed by atoms with E-state index in [0.29, 0.717) is 0 Å². The van der Waals surface area contributed by atoms with Gasteiger partial charge in [-0.25, -0.2) is 0 Å². The fraction of sp³-hybridized carbons (Fsp3) is 0.158. The summed E-state index contributed by atoms with van der Waals surface area (Å²) in [5.74, 6) is 0. The Balaban J connectivity index is 2.34. The number of allylic oxidation sites excluding steroid dienone is 2. The predicted molar refractivity (Wildman–Crippen MR) is 81.1 cm³/mol. The van der Waals surface area contributed by atoms with Crippen LogP contribution in [0.1, 0.15) is 24.0 Å². The average molecular weight is 245 g/mol. The van der Waals surface area contributed by atoms with Crippen LogP contribution in [-0.4, -0.2) is 0 Å². The fourth-order valence-corrected chi connectivity index (χ4v) is 3.33. The zero-order valence-corrected chi connectivity index (χ0v) is 11.0. The van der Waals surface area contributed by atoms with Crippen LogP contribution in [0.15, 0.2) is 67.8 Å². The van der Waals surface area contributed by atoms with Gasteiger partial charge in [0.05, 0.1) is 0 Å². The van der Waals surface area contributed by atoms with Crippen molar-refractivity contribution in [3.63, 3.8) is 0 Å². The Morgan fingerprint density at radius 1 is 0.947 bits per heavy atom. The van der Waals surface area contributed by atoms with Crippen molar-refractivity contribution >= 4 is 0 Å². The van der Waals surface area contributed by atoms with Crippen molar-refractivity contribution in [3.8, 4) is 11.1 Å². The molecule has 0 heteroatoms. The van der Waals surface area contributed by atoms with Gasteiger partial charge in [0, 0.05) is 5.41 Å². The number of fused-ring (bicyclic) bond motifs is 3. The van der Waals surface area contributed by atoms with Crippen LogP contribution in [-0.2, 0) is 5.41 Å². The SMILES string of the molecule is C=CCC1(CC=C)c2[c]cccc2-c2ccccc21. The molecule has 2 aromatic carbocycles. The quantitative estimate of drug-likeness (QED) is 0.672. The van der Waals surface area contributed by atoms with E-state index < -0.39 is 0 Å². The highest BCUT2D eigenvalue weighted by molar-refractivity contribution is 5.81. The molecule has 19 heavy (non-hydrogen) atoms. The molecule has 0 saturated heterocycles. The van der Waals surface area contributed by atoms with Crippen LogP contribution < -0.4 is 0 Å². The van der Waals surface area contributed by atoms with E-state index >= 15 is 0 Å². The molecule has 0 saturated carbocycles. The summed E-state index contributed by atoms with van der Waals surface area (Å²) < 4.78 is 0. The Bertz CT molecular complexity index is 576. The Morgan fingerprint density at radius 2 is 1.63 bits per heavy atom. The summed E-state index contributed by atoms with van der Waals surface area (Å²) >= 11 is 0. The fourth-order valence-electron chi connectivity index (χ4n) is 3.33. The molecule has 0 aromatic heterocycles. The molecule has 93 valence electrons. The molecule has 0 nitrogen and oxygen atoms in total. The van der Waals surface area contributed by atoms with Crippen molar-refractivity contribution in [2.45, 2.75) is 18.3 Å². The largest absolute Gasteiger partial charge is 0.103 e. The third-order valence-electron chi connectivity index (χ3n) is 4.05. The van der Waals surface area contributed by atoms with Crippen molar-refractivity contribution in [3.05, 3.63) is 85.0 Å². The Kier molecular flexibility index (Phi) is 2.87. The Labute approximate surface area is 115 Å². The van der Waals surface area contributed by atoms with Crippen LogP contribution in [0.25, 0.3) is 11.1 Å². The van der Waals surface area contributed by atoms with Crippen LogP contribution in [0, 0.1) is 6.07 Å². The van der Waals surface area contributed by atoms with Gasteiger partial charge in [-0.1, -0.05) is 54.6 Å². The van der Waals surface area contributed by atoms with Crippen LogP contribution >= 0.6 is 0 Å². The number of hydrogen-bond acceptors (Lipinski definition) is 0. The van der Waals surface area contributed by atoms with E-state index in [2.05, 4.69) is 55.6 Å². The maximum Gasteiger partial charge on any atom is 0.0289 e. The van der Waals surface area contributed by atoms with Gasteiger partial charge in [-0.2, -0.15) is 0 Å². The highest BCUT2D eigenvalue weighted by Gasteiger charge is 2.40. The van der Waals surface area contributed by atoms with E-state index in [-0.39, 0.29) is 5.41 Å². The van der Waals surface area contributed by atoms with Crippen LogP contribution in [0.4, 0.5) is 0 Å². The summed E-state index contributed by atoms with van der Waals surface area (Å²) in [5.41, 5.74) is 5.28. The van der Waals surface area contributed by atoms with Gasteiger partial charge in [-0.15, -0.1) is 13.2 Å². The smallest absolute Gasteiger partial charge is 0.0289 e. The third-order valence-corrected chi connectivity index (χ3v) is 4.05. The van der Waals surface area contributed by atoms with E-state index in [1.54, 1.807) is 0 Å². The number of rotatable bonds is 4. The molecule has 0 N–H and O–H groups in total. The molecule has 1 aliphatic carbocycles. The number of benzene rings is 2. The molecule has 0 heterocycles. The summed E-state index contributed by atoms with van der Waals surface area (Å²) in [4.78, 5) is 0. The van der Waals surface area contributed by atoms with E-state index in [1.807, 2.05) is 18.2 Å². The van der Waals surface area contributed by atoms with Crippen molar-refractivity contribution in [2.24, 2.45) is 0 Å². The van der Waals surface area contributed by atoms with E-state index in [4.69, 9.17) is 0 Å². The summed E-state index contributed by atoms with van der Waals surface area (Å²) in [6.45, 7) is 7.90. The summed E-state index contributed by atoms with van der Waals surface area (Å²) in [6.07, 6.45) is 5.86. The Hall–Kier alpha value is -2.08. The molecule has 0 aliphatic heterocycles. The van der Waals surface area contributed by atoms with Crippen molar-refractivity contribution in [1.82, 2.24) is 0 Å². The first-order valence-electron chi connectivity index (χ1n) is 6.66. The molecular formula is C19H17. The first kappa shape index (κ1) is 12.0. The normalized spacial score (nSPS) is 14.5. The average Bonchev–Trinajstić information content (AvgIpc) is 2.72. The maximum atomic E-state index is 3.95. The minimum Gasteiger partial charge on any atom is -0.103 e. The molecule has 0 fully saturated rings. The zero-order chi connectivity index (χ0) is 13.3. The molecule has 1 aliphatic rings. The molecular weight excluding hydrogens is 228 g/mol. The summed E-state index contributed by atoms with van der Waals surface area (Å²) in [7, 11) is 0. The molecule has 0 bridgehead atoms. The molecule has 0 amide bonds. The van der Waals surface area contributed by atoms with Gasteiger partial charge in [-0.05, 0) is 41.2 Å². The summed E-state index contributed by atoms with van der Waals surface area (Å²) in [5, 5.41) is 0. The topological polar surface area (TPSA) is 0 Å². The van der Waals surface area contributed by atoms with Gasteiger partial charge in [0.25, 0.3) is 0 Å². The second-order valence-electron chi connectivity index (χ2n) is 5.07. The minimum absolute atomic E-state index is 0.0311. The van der Waals surface area contributed by atoms with E-state index in [9.17, 15) is 0 Å². The monoisotopic (exact) mass is 245 g/mol. The van der Waals surface area contributed by atoms with Gasteiger partial charge >= 0.3 is 0 Å². The molecule has 0 unspecified atom stereocenters. The van der Waals surface area contributed by atoms with Crippen LogP contribution in [0.5, 0.6) is 0 Å². The lowest BCUT2D eigenvalue weighted by atomic mass is 9.73. The van der Waals surface area contributed by atoms with Gasteiger partial charge in [0.15, 0.2) is 0 Å². The first-order chi connectivity index (χ1) is 9.33. The minimum atomic E-state index is -0.0311. The van der Waals surface area contributed by atoms with E-state index in [0.717, 1.165) is 12.8 Å². The van der Waals surface area contributed by atoms with Crippen LogP contribution in [0.3, 0.4) is 0 Å². The summed E-state index contributed by atoms with van der Waals surface area (Å²) in [6, 6.07) is 18.4. The lowest BCUT2D eigenvalue weighted by Gasteiger charge is -2.29. The molecule has 3 rings (SSSR count). The second kappa shape index (κ2) is 4.55. The van der Waals surface area contributed by atoms with Crippen LogP contribution in [0.2, 0.25) is 0 Å². The van der Waals surface area contributed by atoms with E-state index in [1.165, 1.54) is 22.3 Å². The van der Waals surface area contributed by atoms with Gasteiger partial charge in [0.2, 0.25) is 0 Å². The van der Waals surface area contributed by atoms with Crippen molar-refractivity contribution < 1.29 is 0 Å². The lowest BCUT2D eigenvalue weighted by molar-refractivity contribution is 0.542. The first-order valence-corrected chi connectivity index (χ1v) is 6.66. The second-order valence-corrected chi connectivity index (χ2v) is 5.07. The highest BCUT2D eigenvalue weighted by Crippen LogP contribution is 2.52. The molecule has 2 aromatic rings. The van der Waals surface area contributed by atoms with Gasteiger partial charge in [-0.3, -0.25) is 0 Å². The standard InChI is InChI=1S/C19H17/c1-3-13-19(14-4-2)17-11-7-5-9-15(17)16-10-6-8-12-18(16)19/h3-11H,1-2,13-14H2. The number of hydrogen-bond donors (Lipinski definition) is 0.